The average molecular weight is 342 g/mol. The number of nitrogens with zero attached hydrogens (tertiary/aromatic N) is 4. The molecule has 25 heavy (non-hydrogen) atoms. The molecule has 0 spiro atoms. The van der Waals surface area contributed by atoms with Gasteiger partial charge in [-0.05, 0) is 44.1 Å². The molecule has 2 unspecified atom stereocenters. The molecule has 0 aliphatic heterocycles. The van der Waals surface area contributed by atoms with Gasteiger partial charge in [-0.3, -0.25) is 9.67 Å². The molecule has 3 N–H and O–H groups in total. The maximum atomic E-state index is 6.06. The zero-order valence-electron chi connectivity index (χ0n) is 15.9. The number of rotatable bonds is 7. The molecule has 1 heterocycles. The summed E-state index contributed by atoms with van der Waals surface area (Å²) in [6.07, 6.45) is 5.02. The van der Waals surface area contributed by atoms with Gasteiger partial charge in [0.2, 0.25) is 0 Å². The number of hydrogen-bond acceptors (Lipinski definition) is 3. The lowest BCUT2D eigenvalue weighted by atomic mass is 9.99. The van der Waals surface area contributed by atoms with E-state index in [0.717, 1.165) is 17.7 Å². The van der Waals surface area contributed by atoms with Gasteiger partial charge in [-0.25, -0.2) is 0 Å². The van der Waals surface area contributed by atoms with Crippen LogP contribution < -0.4 is 11.1 Å². The molecular weight excluding hydrogens is 312 g/mol. The van der Waals surface area contributed by atoms with Gasteiger partial charge in [0.15, 0.2) is 5.96 Å². The lowest BCUT2D eigenvalue weighted by molar-refractivity contribution is 0.306. The standard InChI is InChI=1S/C19H30N6/c1-6-14(2)15-7-9-17(10-8-15)23-19(20)21-12-18(24(3)4)16-11-22-25(5)13-16/h7-11,13-14,18H,6,12H2,1-5H3,(H3,20,21,23). The Balaban J connectivity index is 2.00. The highest BCUT2D eigenvalue weighted by molar-refractivity contribution is 5.92. The quantitative estimate of drug-likeness (QED) is 0.599. The van der Waals surface area contributed by atoms with Crippen molar-refractivity contribution >= 4 is 11.6 Å². The summed E-state index contributed by atoms with van der Waals surface area (Å²) in [7, 11) is 5.98. The van der Waals surface area contributed by atoms with E-state index in [4.69, 9.17) is 5.73 Å². The highest BCUT2D eigenvalue weighted by Gasteiger charge is 2.15. The van der Waals surface area contributed by atoms with E-state index in [1.54, 1.807) is 4.68 Å². The molecule has 0 aliphatic carbocycles. The summed E-state index contributed by atoms with van der Waals surface area (Å²) in [5, 5.41) is 7.40. The van der Waals surface area contributed by atoms with E-state index in [1.807, 2.05) is 33.5 Å². The van der Waals surface area contributed by atoms with Crippen LogP contribution in [-0.2, 0) is 7.05 Å². The number of aromatic nitrogens is 2. The lowest BCUT2D eigenvalue weighted by Crippen LogP contribution is -2.27. The number of hydrogen-bond donors (Lipinski definition) is 2. The first-order chi connectivity index (χ1) is 11.9. The van der Waals surface area contributed by atoms with Crippen LogP contribution in [0.15, 0.2) is 41.7 Å². The summed E-state index contributed by atoms with van der Waals surface area (Å²) in [5.41, 5.74) is 9.48. The molecule has 0 bridgehead atoms. The highest BCUT2D eigenvalue weighted by atomic mass is 15.2. The molecule has 6 heteroatoms. The molecule has 2 aromatic rings. The monoisotopic (exact) mass is 342 g/mol. The number of nitrogens with two attached hydrogens (primary N) is 1. The van der Waals surface area contributed by atoms with Gasteiger partial charge in [0.05, 0.1) is 18.8 Å². The van der Waals surface area contributed by atoms with Crippen LogP contribution in [0, 0.1) is 0 Å². The van der Waals surface area contributed by atoms with Crippen LogP contribution in [0.4, 0.5) is 5.69 Å². The van der Waals surface area contributed by atoms with Crippen molar-refractivity contribution in [2.45, 2.75) is 32.2 Å². The summed E-state index contributed by atoms with van der Waals surface area (Å²) in [4.78, 5) is 6.62. The number of aryl methyl sites for hydroxylation is 1. The van der Waals surface area contributed by atoms with Crippen LogP contribution in [0.25, 0.3) is 0 Å². The second kappa shape index (κ2) is 8.67. The van der Waals surface area contributed by atoms with Gasteiger partial charge in [0.1, 0.15) is 0 Å². The SMILES string of the molecule is CCC(C)c1ccc(NC(N)=NCC(c2cnn(C)c2)N(C)C)cc1. The van der Waals surface area contributed by atoms with Gasteiger partial charge in [0.25, 0.3) is 0 Å². The molecule has 2 atom stereocenters. The number of likely N-dealkylation sites (N-methyl/N-ethyl adjacent to an activating group) is 1. The largest absolute Gasteiger partial charge is 0.370 e. The minimum atomic E-state index is 0.141. The predicted molar refractivity (Wildman–Crippen MR) is 105 cm³/mol. The van der Waals surface area contributed by atoms with E-state index in [-0.39, 0.29) is 6.04 Å². The smallest absolute Gasteiger partial charge is 0.193 e. The number of anilines is 1. The van der Waals surface area contributed by atoms with Crippen LogP contribution in [0.1, 0.15) is 43.4 Å². The maximum absolute atomic E-state index is 6.06. The molecule has 0 amide bonds. The second-order valence-electron chi connectivity index (χ2n) is 6.71. The van der Waals surface area contributed by atoms with E-state index in [1.165, 1.54) is 5.56 Å². The van der Waals surface area contributed by atoms with Crippen molar-refractivity contribution in [1.29, 1.82) is 0 Å². The molecule has 136 valence electrons. The Morgan fingerprint density at radius 3 is 2.48 bits per heavy atom. The van der Waals surface area contributed by atoms with Crippen LogP contribution in [-0.4, -0.2) is 41.3 Å². The zero-order valence-corrected chi connectivity index (χ0v) is 15.9. The molecule has 6 nitrogen and oxygen atoms in total. The van der Waals surface area contributed by atoms with E-state index >= 15 is 0 Å². The molecule has 0 saturated heterocycles. The normalized spacial score (nSPS) is 14.6. The first-order valence-corrected chi connectivity index (χ1v) is 8.72. The third-order valence-corrected chi connectivity index (χ3v) is 4.53. The Labute approximate surface area is 150 Å². The number of aliphatic imine (C=N–C) groups is 1. The molecule has 0 radical (unpaired) electrons. The van der Waals surface area contributed by atoms with Crippen molar-refractivity contribution in [1.82, 2.24) is 14.7 Å². The van der Waals surface area contributed by atoms with Crippen LogP contribution in [0.2, 0.25) is 0 Å². The molecule has 2 rings (SSSR count). The molecule has 0 fully saturated rings. The fraction of sp³-hybridized carbons (Fsp3) is 0.474. The highest BCUT2D eigenvalue weighted by Crippen LogP contribution is 2.21. The zero-order chi connectivity index (χ0) is 18.4. The Morgan fingerprint density at radius 1 is 1.28 bits per heavy atom. The van der Waals surface area contributed by atoms with Crippen molar-refractivity contribution in [3.05, 3.63) is 47.8 Å². The molecule has 0 saturated carbocycles. The summed E-state index contributed by atoms with van der Waals surface area (Å²) in [6.45, 7) is 5.01. The third-order valence-electron chi connectivity index (χ3n) is 4.53. The lowest BCUT2D eigenvalue weighted by Gasteiger charge is -2.21. The Hall–Kier alpha value is -2.34. The first-order valence-electron chi connectivity index (χ1n) is 8.72. The maximum Gasteiger partial charge on any atom is 0.193 e. The van der Waals surface area contributed by atoms with Crippen molar-refractivity contribution in [3.8, 4) is 0 Å². The van der Waals surface area contributed by atoms with Crippen LogP contribution in [0.5, 0.6) is 0 Å². The molecular formula is C19H30N6. The van der Waals surface area contributed by atoms with E-state index in [0.29, 0.717) is 18.4 Å². The fourth-order valence-electron chi connectivity index (χ4n) is 2.68. The minimum Gasteiger partial charge on any atom is -0.370 e. The van der Waals surface area contributed by atoms with E-state index in [2.05, 4.69) is 58.4 Å². The third kappa shape index (κ3) is 5.32. The first kappa shape index (κ1) is 19.0. The van der Waals surface area contributed by atoms with Gasteiger partial charge in [-0.1, -0.05) is 26.0 Å². The van der Waals surface area contributed by atoms with Gasteiger partial charge in [0, 0.05) is 24.5 Å². The minimum absolute atomic E-state index is 0.141. The van der Waals surface area contributed by atoms with Crippen molar-refractivity contribution in [3.63, 3.8) is 0 Å². The number of nitrogens with one attached hydrogen (secondary N) is 1. The Kier molecular flexibility index (Phi) is 6.58. The summed E-state index contributed by atoms with van der Waals surface area (Å²) < 4.78 is 1.80. The van der Waals surface area contributed by atoms with Crippen molar-refractivity contribution in [2.24, 2.45) is 17.8 Å². The second-order valence-corrected chi connectivity index (χ2v) is 6.71. The number of benzene rings is 1. The summed E-state index contributed by atoms with van der Waals surface area (Å²) >= 11 is 0. The van der Waals surface area contributed by atoms with Crippen LogP contribution >= 0.6 is 0 Å². The van der Waals surface area contributed by atoms with E-state index in [9.17, 15) is 0 Å². The fourth-order valence-corrected chi connectivity index (χ4v) is 2.68. The van der Waals surface area contributed by atoms with E-state index < -0.39 is 0 Å². The van der Waals surface area contributed by atoms with Gasteiger partial charge in [-0.2, -0.15) is 5.10 Å². The number of guanidine groups is 1. The Bertz CT molecular complexity index is 686. The van der Waals surface area contributed by atoms with Crippen molar-refractivity contribution in [2.75, 3.05) is 26.0 Å². The topological polar surface area (TPSA) is 71.5 Å². The average Bonchev–Trinajstić information content (AvgIpc) is 3.00. The predicted octanol–water partition coefficient (Wildman–Crippen LogP) is 2.96. The van der Waals surface area contributed by atoms with Crippen molar-refractivity contribution < 1.29 is 0 Å². The van der Waals surface area contributed by atoms with Gasteiger partial charge in [-0.15, -0.1) is 0 Å². The summed E-state index contributed by atoms with van der Waals surface area (Å²) in [6, 6.07) is 8.52. The molecule has 1 aromatic heterocycles. The van der Waals surface area contributed by atoms with Gasteiger partial charge < -0.3 is 16.0 Å². The van der Waals surface area contributed by atoms with Gasteiger partial charge >= 0.3 is 0 Å². The molecule has 0 aliphatic rings. The summed E-state index contributed by atoms with van der Waals surface area (Å²) in [5.74, 6) is 0.993. The molecule has 1 aromatic carbocycles. The Morgan fingerprint density at radius 2 is 1.96 bits per heavy atom. The van der Waals surface area contributed by atoms with Crippen LogP contribution in [0.3, 0.4) is 0 Å².